The Morgan fingerprint density at radius 3 is 3.00 bits per heavy atom. The molecule has 1 atom stereocenters. The Hall–Kier alpha value is -0.340. The quantitative estimate of drug-likeness (QED) is 0.638. The van der Waals surface area contributed by atoms with E-state index in [1.165, 1.54) is 25.2 Å². The van der Waals surface area contributed by atoms with Crippen molar-refractivity contribution in [2.75, 3.05) is 26.2 Å². The minimum Gasteiger partial charge on any atom is -0.312 e. The van der Waals surface area contributed by atoms with Crippen LogP contribution in [0.25, 0.3) is 0 Å². The predicted octanol–water partition coefficient (Wildman–Crippen LogP) is 1.25. The van der Waals surface area contributed by atoms with Gasteiger partial charge in [0.25, 0.3) is 0 Å². The predicted molar refractivity (Wildman–Crippen MR) is 53.3 cm³/mol. The van der Waals surface area contributed by atoms with Crippen LogP contribution in [0.4, 0.5) is 0 Å². The van der Waals surface area contributed by atoms with Gasteiger partial charge in [0, 0.05) is 32.2 Å². The molecule has 1 N–H and O–H groups in total. The highest BCUT2D eigenvalue weighted by Gasteiger charge is 2.14. The highest BCUT2D eigenvalue weighted by molar-refractivity contribution is 4.89. The lowest BCUT2D eigenvalue weighted by Gasteiger charge is -2.31. The van der Waals surface area contributed by atoms with Crippen molar-refractivity contribution in [3.63, 3.8) is 0 Å². The number of rotatable bonds is 3. The molecule has 1 heterocycles. The third kappa shape index (κ3) is 3.37. The van der Waals surface area contributed by atoms with Crippen LogP contribution in [0.5, 0.6) is 0 Å². The molecule has 0 amide bonds. The Morgan fingerprint density at radius 1 is 1.67 bits per heavy atom. The summed E-state index contributed by atoms with van der Waals surface area (Å²) < 4.78 is 0. The van der Waals surface area contributed by atoms with Crippen molar-refractivity contribution in [2.24, 2.45) is 0 Å². The van der Waals surface area contributed by atoms with Gasteiger partial charge in [0.05, 0.1) is 0 Å². The van der Waals surface area contributed by atoms with Crippen LogP contribution < -0.4 is 5.32 Å². The van der Waals surface area contributed by atoms with Crippen LogP contribution in [0.3, 0.4) is 0 Å². The lowest BCUT2D eigenvalue weighted by Crippen LogP contribution is -2.49. The molecule has 2 heteroatoms. The Morgan fingerprint density at radius 2 is 2.42 bits per heavy atom. The zero-order chi connectivity index (χ0) is 8.97. The van der Waals surface area contributed by atoms with Gasteiger partial charge in [-0.05, 0) is 20.3 Å². The van der Waals surface area contributed by atoms with Crippen LogP contribution in [-0.4, -0.2) is 37.1 Å². The molecule has 1 aliphatic rings. The molecular weight excluding hydrogens is 148 g/mol. The third-order valence-electron chi connectivity index (χ3n) is 2.31. The molecule has 1 fully saturated rings. The molecule has 0 aromatic heterocycles. The molecule has 12 heavy (non-hydrogen) atoms. The molecule has 0 saturated carbocycles. The monoisotopic (exact) mass is 168 g/mol. The van der Waals surface area contributed by atoms with Gasteiger partial charge in [0.1, 0.15) is 0 Å². The van der Waals surface area contributed by atoms with Crippen LogP contribution in [-0.2, 0) is 0 Å². The smallest absolute Gasteiger partial charge is 0.0167 e. The van der Waals surface area contributed by atoms with Crippen molar-refractivity contribution >= 4 is 0 Å². The standard InChI is InChI=1S/C10H20N2/c1-9(2)4-6-12-7-5-11-10(3)8-12/h10-11H,1,4-8H2,2-3H3. The summed E-state index contributed by atoms with van der Waals surface area (Å²) in [6, 6.07) is 0.656. The molecule has 2 nitrogen and oxygen atoms in total. The van der Waals surface area contributed by atoms with Crippen molar-refractivity contribution in [3.05, 3.63) is 12.2 Å². The number of hydrogen-bond acceptors (Lipinski definition) is 2. The maximum absolute atomic E-state index is 3.92. The fourth-order valence-corrected chi connectivity index (χ4v) is 1.56. The maximum atomic E-state index is 3.92. The lowest BCUT2D eigenvalue weighted by atomic mass is 10.2. The molecule has 1 aliphatic heterocycles. The summed E-state index contributed by atoms with van der Waals surface area (Å²) in [5.41, 5.74) is 1.29. The van der Waals surface area contributed by atoms with Gasteiger partial charge in [-0.1, -0.05) is 5.57 Å². The van der Waals surface area contributed by atoms with E-state index in [9.17, 15) is 0 Å². The van der Waals surface area contributed by atoms with E-state index in [-0.39, 0.29) is 0 Å². The summed E-state index contributed by atoms with van der Waals surface area (Å²) in [5.74, 6) is 0. The van der Waals surface area contributed by atoms with Crippen LogP contribution >= 0.6 is 0 Å². The normalized spacial score (nSPS) is 25.7. The number of nitrogens with zero attached hydrogens (tertiary/aromatic N) is 1. The zero-order valence-corrected chi connectivity index (χ0v) is 8.27. The van der Waals surface area contributed by atoms with Crippen LogP contribution in [0, 0.1) is 0 Å². The first-order chi connectivity index (χ1) is 5.68. The van der Waals surface area contributed by atoms with E-state index in [0.29, 0.717) is 6.04 Å². The van der Waals surface area contributed by atoms with Gasteiger partial charge in [0.2, 0.25) is 0 Å². The number of nitrogens with one attached hydrogen (secondary N) is 1. The van der Waals surface area contributed by atoms with E-state index in [4.69, 9.17) is 0 Å². The summed E-state index contributed by atoms with van der Waals surface area (Å²) in [6.07, 6.45) is 1.15. The Kier molecular flexibility index (Phi) is 3.76. The zero-order valence-electron chi connectivity index (χ0n) is 8.27. The van der Waals surface area contributed by atoms with Gasteiger partial charge in [-0.25, -0.2) is 0 Å². The molecule has 0 aromatic carbocycles. The van der Waals surface area contributed by atoms with Gasteiger partial charge in [-0.2, -0.15) is 0 Å². The average molecular weight is 168 g/mol. The lowest BCUT2D eigenvalue weighted by molar-refractivity contribution is 0.209. The van der Waals surface area contributed by atoms with Crippen molar-refractivity contribution < 1.29 is 0 Å². The second-order valence-corrected chi connectivity index (χ2v) is 3.86. The fourth-order valence-electron chi connectivity index (χ4n) is 1.56. The highest BCUT2D eigenvalue weighted by Crippen LogP contribution is 2.02. The first-order valence-corrected chi connectivity index (χ1v) is 4.78. The van der Waals surface area contributed by atoms with Crippen LogP contribution in [0.1, 0.15) is 20.3 Å². The van der Waals surface area contributed by atoms with Crippen molar-refractivity contribution in [3.8, 4) is 0 Å². The van der Waals surface area contributed by atoms with Crippen LogP contribution in [0.2, 0.25) is 0 Å². The summed E-state index contributed by atoms with van der Waals surface area (Å²) in [7, 11) is 0. The first kappa shape index (κ1) is 9.75. The van der Waals surface area contributed by atoms with E-state index in [2.05, 4.69) is 30.6 Å². The molecule has 0 bridgehead atoms. The van der Waals surface area contributed by atoms with Gasteiger partial charge < -0.3 is 10.2 Å². The number of piperazine rings is 1. The molecule has 70 valence electrons. The summed E-state index contributed by atoms with van der Waals surface area (Å²) >= 11 is 0. The molecule has 1 rings (SSSR count). The van der Waals surface area contributed by atoms with E-state index < -0.39 is 0 Å². The Labute approximate surface area is 75.6 Å². The van der Waals surface area contributed by atoms with Crippen molar-refractivity contribution in [2.45, 2.75) is 26.3 Å². The van der Waals surface area contributed by atoms with E-state index in [1.54, 1.807) is 0 Å². The van der Waals surface area contributed by atoms with Crippen LogP contribution in [0.15, 0.2) is 12.2 Å². The van der Waals surface area contributed by atoms with Gasteiger partial charge >= 0.3 is 0 Å². The molecule has 1 saturated heterocycles. The van der Waals surface area contributed by atoms with E-state index in [0.717, 1.165) is 13.0 Å². The summed E-state index contributed by atoms with van der Waals surface area (Å²) in [5, 5.41) is 3.44. The van der Waals surface area contributed by atoms with Gasteiger partial charge in [-0.3, -0.25) is 0 Å². The van der Waals surface area contributed by atoms with Crippen molar-refractivity contribution in [1.82, 2.24) is 10.2 Å². The number of hydrogen-bond donors (Lipinski definition) is 1. The second kappa shape index (κ2) is 4.63. The SMILES string of the molecule is C=C(C)CCN1CCNC(C)C1. The molecular formula is C10H20N2. The topological polar surface area (TPSA) is 15.3 Å². The van der Waals surface area contributed by atoms with Gasteiger partial charge in [-0.15, -0.1) is 6.58 Å². The Bertz CT molecular complexity index is 154. The summed E-state index contributed by atoms with van der Waals surface area (Å²) in [6.45, 7) is 13.0. The third-order valence-corrected chi connectivity index (χ3v) is 2.31. The molecule has 1 unspecified atom stereocenters. The molecule has 0 aliphatic carbocycles. The molecule has 0 radical (unpaired) electrons. The van der Waals surface area contributed by atoms with Gasteiger partial charge in [0.15, 0.2) is 0 Å². The second-order valence-electron chi connectivity index (χ2n) is 3.86. The Balaban J connectivity index is 2.18. The largest absolute Gasteiger partial charge is 0.312 e. The fraction of sp³-hybridized carbons (Fsp3) is 0.800. The minimum atomic E-state index is 0.656. The van der Waals surface area contributed by atoms with Crippen molar-refractivity contribution in [1.29, 1.82) is 0 Å². The molecule has 0 spiro atoms. The minimum absolute atomic E-state index is 0.656. The maximum Gasteiger partial charge on any atom is 0.0167 e. The average Bonchev–Trinajstić information content (AvgIpc) is 2.01. The first-order valence-electron chi connectivity index (χ1n) is 4.78. The molecule has 0 aromatic rings. The highest BCUT2D eigenvalue weighted by atomic mass is 15.2. The summed E-state index contributed by atoms with van der Waals surface area (Å²) in [4.78, 5) is 2.51. The van der Waals surface area contributed by atoms with E-state index in [1.807, 2.05) is 0 Å². The van der Waals surface area contributed by atoms with E-state index >= 15 is 0 Å².